The first-order valence-corrected chi connectivity index (χ1v) is 7.24. The Morgan fingerprint density at radius 2 is 1.29 bits per heavy atom. The molecule has 7 heavy (non-hydrogen) atoms. The van der Waals surface area contributed by atoms with Crippen LogP contribution in [-0.4, -0.2) is 21.1 Å². The van der Waals surface area contributed by atoms with Crippen molar-refractivity contribution in [1.82, 2.24) is 0 Å². The third-order valence-corrected chi connectivity index (χ3v) is 5.49. The zero-order valence-electron chi connectivity index (χ0n) is 4.74. The molecule has 0 N–H and O–H groups in total. The molecule has 0 spiro atoms. The topological polar surface area (TPSA) is 0 Å². The standard InChI is InChI=1S/C6H12.Sn/c1-3-5-6-4-2;/h1-6H2;. The van der Waals surface area contributed by atoms with Gasteiger partial charge in [0.2, 0.25) is 0 Å². The van der Waals surface area contributed by atoms with Gasteiger partial charge in [-0.1, -0.05) is 0 Å². The van der Waals surface area contributed by atoms with Gasteiger partial charge in [0.15, 0.2) is 0 Å². The normalized spacial score (nSPS) is 24.0. The zero-order chi connectivity index (χ0) is 4.95. The first-order valence-electron chi connectivity index (χ1n) is 3.21. The van der Waals surface area contributed by atoms with Crippen molar-refractivity contribution in [3.05, 3.63) is 0 Å². The molecular formula is C6H12Sn. The maximum atomic E-state index is 1.67. The Bertz CT molecular complexity index is 23.8. The van der Waals surface area contributed by atoms with Crippen LogP contribution in [0.1, 0.15) is 25.7 Å². The van der Waals surface area contributed by atoms with Crippen molar-refractivity contribution in [2.75, 3.05) is 0 Å². The molecule has 0 nitrogen and oxygen atoms in total. The van der Waals surface area contributed by atoms with Crippen LogP contribution in [0.5, 0.6) is 0 Å². The predicted molar refractivity (Wildman–Crippen MR) is 33.8 cm³/mol. The number of hydrogen-bond donors (Lipinski definition) is 0. The molecule has 0 bridgehead atoms. The van der Waals surface area contributed by atoms with Crippen molar-refractivity contribution < 1.29 is 0 Å². The second-order valence-corrected chi connectivity index (χ2v) is 6.45. The molecule has 1 fully saturated rings. The van der Waals surface area contributed by atoms with Gasteiger partial charge in [0.1, 0.15) is 0 Å². The summed E-state index contributed by atoms with van der Waals surface area (Å²) < 4.78 is 3.34. The van der Waals surface area contributed by atoms with Crippen LogP contribution in [0.15, 0.2) is 0 Å². The summed E-state index contributed by atoms with van der Waals surface area (Å²) in [7, 11) is 0. The van der Waals surface area contributed by atoms with E-state index in [1.807, 2.05) is 0 Å². The van der Waals surface area contributed by atoms with Gasteiger partial charge in [0, 0.05) is 0 Å². The monoisotopic (exact) mass is 204 g/mol. The van der Waals surface area contributed by atoms with E-state index in [2.05, 4.69) is 0 Å². The van der Waals surface area contributed by atoms with Gasteiger partial charge >= 0.3 is 55.7 Å². The Morgan fingerprint density at radius 3 is 1.86 bits per heavy atom. The fraction of sp³-hybridized carbons (Fsp3) is 1.00. The summed E-state index contributed by atoms with van der Waals surface area (Å²) in [5.41, 5.74) is 0. The molecule has 1 heteroatoms. The van der Waals surface area contributed by atoms with Crippen LogP contribution in [0.3, 0.4) is 0 Å². The van der Waals surface area contributed by atoms with Gasteiger partial charge in [-0.15, -0.1) is 0 Å². The predicted octanol–water partition coefficient (Wildman–Crippen LogP) is 2.10. The molecule has 1 aliphatic heterocycles. The van der Waals surface area contributed by atoms with E-state index < -0.39 is 0 Å². The van der Waals surface area contributed by atoms with Crippen molar-refractivity contribution in [3.8, 4) is 0 Å². The van der Waals surface area contributed by atoms with Gasteiger partial charge in [0.25, 0.3) is 0 Å². The minimum atomic E-state index is 0.244. The van der Waals surface area contributed by atoms with Crippen LogP contribution < -0.4 is 0 Å². The molecule has 0 saturated carbocycles. The Hall–Kier alpha value is 0.799. The molecule has 1 heterocycles. The molecule has 40 valence electrons. The van der Waals surface area contributed by atoms with Crippen LogP contribution >= 0.6 is 0 Å². The van der Waals surface area contributed by atoms with E-state index in [4.69, 9.17) is 0 Å². The van der Waals surface area contributed by atoms with Gasteiger partial charge < -0.3 is 0 Å². The SMILES string of the molecule is C1CC[CH2][Sn][CH2]C1. The molecule has 0 aromatic carbocycles. The van der Waals surface area contributed by atoms with Crippen molar-refractivity contribution in [2.45, 2.75) is 34.6 Å². The summed E-state index contributed by atoms with van der Waals surface area (Å²) in [6.45, 7) is 0. The molecule has 1 aliphatic rings. The molecule has 1 rings (SSSR count). The molecule has 1 saturated heterocycles. The van der Waals surface area contributed by atoms with Crippen molar-refractivity contribution in [3.63, 3.8) is 0 Å². The fourth-order valence-corrected chi connectivity index (χ4v) is 4.55. The Kier molecular flexibility index (Phi) is 3.18. The zero-order valence-corrected chi connectivity index (χ0v) is 7.60. The van der Waals surface area contributed by atoms with E-state index in [0.717, 1.165) is 0 Å². The first-order chi connectivity index (χ1) is 3.50. The number of rotatable bonds is 0. The summed E-state index contributed by atoms with van der Waals surface area (Å²) in [4.78, 5) is 0. The summed E-state index contributed by atoms with van der Waals surface area (Å²) in [6.07, 6.45) is 6.24. The third kappa shape index (κ3) is 2.57. The third-order valence-electron chi connectivity index (χ3n) is 1.46. The van der Waals surface area contributed by atoms with E-state index >= 15 is 0 Å². The van der Waals surface area contributed by atoms with Crippen LogP contribution in [0.4, 0.5) is 0 Å². The van der Waals surface area contributed by atoms with Gasteiger partial charge in [0.05, 0.1) is 0 Å². The molecule has 0 aliphatic carbocycles. The Labute approximate surface area is 55.9 Å². The second kappa shape index (κ2) is 3.76. The van der Waals surface area contributed by atoms with Crippen molar-refractivity contribution in [2.24, 2.45) is 0 Å². The minimum absolute atomic E-state index is 0.244. The molecule has 0 aromatic heterocycles. The van der Waals surface area contributed by atoms with E-state index in [9.17, 15) is 0 Å². The number of hydrogen-bond acceptors (Lipinski definition) is 0. The molecule has 0 amide bonds. The van der Waals surface area contributed by atoms with Crippen LogP contribution in [0.2, 0.25) is 8.87 Å². The first kappa shape index (κ1) is 5.93. The summed E-state index contributed by atoms with van der Waals surface area (Å²) in [6, 6.07) is 0. The second-order valence-electron chi connectivity index (χ2n) is 2.16. The summed E-state index contributed by atoms with van der Waals surface area (Å²) in [5, 5.41) is 0. The van der Waals surface area contributed by atoms with Crippen LogP contribution in [-0.2, 0) is 0 Å². The quantitative estimate of drug-likeness (QED) is 0.528. The van der Waals surface area contributed by atoms with Crippen LogP contribution in [0, 0.1) is 0 Å². The molecular weight excluding hydrogens is 191 g/mol. The average Bonchev–Trinajstić information content (AvgIpc) is 1.90. The van der Waals surface area contributed by atoms with E-state index in [1.165, 1.54) is 0 Å². The molecule has 0 aromatic rings. The molecule has 0 unspecified atom stereocenters. The van der Waals surface area contributed by atoms with Gasteiger partial charge in [-0.2, -0.15) is 0 Å². The van der Waals surface area contributed by atoms with Crippen molar-refractivity contribution in [1.29, 1.82) is 0 Å². The van der Waals surface area contributed by atoms with E-state index in [1.54, 1.807) is 34.6 Å². The van der Waals surface area contributed by atoms with Crippen molar-refractivity contribution >= 4 is 21.1 Å². The van der Waals surface area contributed by atoms with Crippen LogP contribution in [0.25, 0.3) is 0 Å². The molecule has 2 radical (unpaired) electrons. The summed E-state index contributed by atoms with van der Waals surface area (Å²) in [5.74, 6) is 0. The molecule has 0 atom stereocenters. The Balaban J connectivity index is 2.04. The van der Waals surface area contributed by atoms with E-state index in [-0.39, 0.29) is 21.1 Å². The maximum absolute atomic E-state index is 1.67. The van der Waals surface area contributed by atoms with Gasteiger partial charge in [-0.25, -0.2) is 0 Å². The average molecular weight is 203 g/mol. The Morgan fingerprint density at radius 1 is 0.714 bits per heavy atom. The van der Waals surface area contributed by atoms with Gasteiger partial charge in [-0.3, -0.25) is 0 Å². The van der Waals surface area contributed by atoms with E-state index in [0.29, 0.717) is 0 Å². The summed E-state index contributed by atoms with van der Waals surface area (Å²) >= 11 is 0.244. The van der Waals surface area contributed by atoms with Gasteiger partial charge in [-0.05, 0) is 0 Å². The fourth-order valence-electron chi connectivity index (χ4n) is 0.979.